The fourth-order valence-electron chi connectivity index (χ4n) is 1.53. The molecule has 0 unspecified atom stereocenters. The second-order valence-corrected chi connectivity index (χ2v) is 3.53. The molecular formula is C10H13N5O. The second kappa shape index (κ2) is 3.80. The van der Waals surface area contributed by atoms with E-state index in [2.05, 4.69) is 15.3 Å². The number of aromatic nitrogens is 3. The number of anilines is 1. The number of fused-ring (bicyclic) bond motifs is 1. The third kappa shape index (κ3) is 1.58. The predicted molar refractivity (Wildman–Crippen MR) is 60.7 cm³/mol. The highest BCUT2D eigenvalue weighted by Gasteiger charge is 2.12. The van der Waals surface area contributed by atoms with E-state index in [0.29, 0.717) is 11.6 Å². The van der Waals surface area contributed by atoms with Crippen molar-refractivity contribution in [3.63, 3.8) is 0 Å². The first-order valence-corrected chi connectivity index (χ1v) is 4.91. The Bertz CT molecular complexity index is 545. The number of imidazole rings is 1. The lowest BCUT2D eigenvalue weighted by atomic mass is 10.3. The summed E-state index contributed by atoms with van der Waals surface area (Å²) in [4.78, 5) is 19.7. The Kier molecular flexibility index (Phi) is 2.47. The molecule has 1 amide bonds. The number of rotatable bonds is 2. The molecule has 0 bridgehead atoms. The highest BCUT2D eigenvalue weighted by atomic mass is 16.1. The number of aryl methyl sites for hydroxylation is 1. The maximum atomic E-state index is 11.3. The Labute approximate surface area is 92.5 Å². The number of nitrogen functional groups attached to an aromatic ring is 1. The lowest BCUT2D eigenvalue weighted by molar-refractivity contribution is -0.121. The first-order chi connectivity index (χ1) is 7.63. The van der Waals surface area contributed by atoms with Crippen LogP contribution in [0.5, 0.6) is 0 Å². The number of pyridine rings is 1. The molecular weight excluding hydrogens is 206 g/mol. The Balaban J connectivity index is 2.56. The molecule has 0 radical (unpaired) electrons. The van der Waals surface area contributed by atoms with E-state index in [-0.39, 0.29) is 12.5 Å². The molecule has 3 N–H and O–H groups in total. The topological polar surface area (TPSA) is 85.8 Å². The van der Waals surface area contributed by atoms with Gasteiger partial charge in [0.05, 0.1) is 0 Å². The summed E-state index contributed by atoms with van der Waals surface area (Å²) in [6.07, 6.45) is 1.68. The van der Waals surface area contributed by atoms with Crippen LogP contribution in [0, 0.1) is 6.92 Å². The summed E-state index contributed by atoms with van der Waals surface area (Å²) in [6.45, 7) is 2.07. The molecule has 0 aliphatic heterocycles. The molecule has 0 saturated heterocycles. The van der Waals surface area contributed by atoms with Crippen molar-refractivity contribution in [3.05, 3.63) is 17.8 Å². The van der Waals surface area contributed by atoms with Crippen LogP contribution in [0.3, 0.4) is 0 Å². The first kappa shape index (κ1) is 10.4. The van der Waals surface area contributed by atoms with Gasteiger partial charge in [0.15, 0.2) is 5.65 Å². The van der Waals surface area contributed by atoms with Crippen molar-refractivity contribution < 1.29 is 4.79 Å². The summed E-state index contributed by atoms with van der Waals surface area (Å²) in [5.41, 5.74) is 8.13. The van der Waals surface area contributed by atoms with Crippen molar-refractivity contribution in [2.45, 2.75) is 13.5 Å². The molecule has 0 saturated carbocycles. The zero-order chi connectivity index (χ0) is 11.7. The van der Waals surface area contributed by atoms with E-state index >= 15 is 0 Å². The van der Waals surface area contributed by atoms with Crippen LogP contribution < -0.4 is 11.1 Å². The van der Waals surface area contributed by atoms with E-state index < -0.39 is 0 Å². The number of hydrogen-bond acceptors (Lipinski definition) is 4. The molecule has 2 heterocycles. The normalized spacial score (nSPS) is 10.6. The number of nitrogens with one attached hydrogen (secondary N) is 1. The van der Waals surface area contributed by atoms with Crippen LogP contribution >= 0.6 is 0 Å². The van der Waals surface area contributed by atoms with Gasteiger partial charge in [-0.25, -0.2) is 9.97 Å². The Morgan fingerprint density at radius 1 is 1.62 bits per heavy atom. The molecule has 2 aromatic heterocycles. The lowest BCUT2D eigenvalue weighted by Crippen LogP contribution is -2.24. The fourth-order valence-corrected chi connectivity index (χ4v) is 1.53. The quantitative estimate of drug-likeness (QED) is 0.748. The van der Waals surface area contributed by atoms with E-state index in [1.807, 2.05) is 13.0 Å². The van der Waals surface area contributed by atoms with Crippen LogP contribution in [0.25, 0.3) is 11.2 Å². The molecule has 0 atom stereocenters. The van der Waals surface area contributed by atoms with Crippen LogP contribution in [0.15, 0.2) is 12.3 Å². The molecule has 2 aromatic rings. The van der Waals surface area contributed by atoms with Crippen LogP contribution in [0.1, 0.15) is 5.56 Å². The molecule has 0 aromatic carbocycles. The zero-order valence-electron chi connectivity index (χ0n) is 9.19. The van der Waals surface area contributed by atoms with Crippen molar-refractivity contribution in [1.82, 2.24) is 19.9 Å². The van der Waals surface area contributed by atoms with Gasteiger partial charge in [0, 0.05) is 13.2 Å². The number of nitrogens with two attached hydrogens (primary N) is 1. The number of likely N-dealkylation sites (N-methyl/N-ethyl adjacent to an activating group) is 1. The average molecular weight is 219 g/mol. The number of carbonyl (C=O) groups is 1. The van der Waals surface area contributed by atoms with Gasteiger partial charge in [0.1, 0.15) is 12.1 Å². The number of amides is 1. The van der Waals surface area contributed by atoms with Gasteiger partial charge in [-0.1, -0.05) is 0 Å². The predicted octanol–water partition coefficient (Wildman–Crippen LogP) is 0.0679. The summed E-state index contributed by atoms with van der Waals surface area (Å²) in [6, 6.07) is 1.86. The van der Waals surface area contributed by atoms with Crippen LogP contribution in [-0.4, -0.2) is 27.5 Å². The molecule has 16 heavy (non-hydrogen) atoms. The van der Waals surface area contributed by atoms with Crippen molar-refractivity contribution in [3.8, 4) is 0 Å². The van der Waals surface area contributed by atoms with Gasteiger partial charge in [-0.2, -0.15) is 0 Å². The molecule has 2 rings (SSSR count). The van der Waals surface area contributed by atoms with Gasteiger partial charge >= 0.3 is 0 Å². The number of nitrogens with zero attached hydrogens (tertiary/aromatic N) is 3. The smallest absolute Gasteiger partial charge is 0.239 e. The highest BCUT2D eigenvalue weighted by Crippen LogP contribution is 2.18. The third-order valence-electron chi connectivity index (χ3n) is 2.45. The summed E-state index contributed by atoms with van der Waals surface area (Å²) >= 11 is 0. The minimum atomic E-state index is -0.130. The summed E-state index contributed by atoms with van der Waals surface area (Å²) < 4.78 is 1.60. The van der Waals surface area contributed by atoms with E-state index in [0.717, 1.165) is 11.1 Å². The van der Waals surface area contributed by atoms with E-state index in [1.54, 1.807) is 17.8 Å². The Morgan fingerprint density at radius 3 is 3.06 bits per heavy atom. The lowest BCUT2D eigenvalue weighted by Gasteiger charge is -2.04. The summed E-state index contributed by atoms with van der Waals surface area (Å²) in [5.74, 6) is 0.176. The van der Waals surface area contributed by atoms with Gasteiger partial charge in [0.2, 0.25) is 11.9 Å². The minimum Gasteiger partial charge on any atom is -0.369 e. The van der Waals surface area contributed by atoms with E-state index in [9.17, 15) is 4.79 Å². The van der Waals surface area contributed by atoms with Crippen molar-refractivity contribution >= 4 is 23.0 Å². The first-order valence-electron chi connectivity index (χ1n) is 4.91. The molecule has 84 valence electrons. The van der Waals surface area contributed by atoms with Crippen LogP contribution in [0.4, 0.5) is 5.95 Å². The standard InChI is InChI=1S/C10H13N5O/c1-6-3-4-13-9-8(6)14-10(11)15(9)5-7(16)12-2/h3-4H,5H2,1-2H3,(H2,11,14)(H,12,16). The minimum absolute atomic E-state index is 0.130. The zero-order valence-corrected chi connectivity index (χ0v) is 9.19. The second-order valence-electron chi connectivity index (χ2n) is 3.53. The number of carbonyl (C=O) groups excluding carboxylic acids is 1. The Hall–Kier alpha value is -2.11. The monoisotopic (exact) mass is 219 g/mol. The van der Waals surface area contributed by atoms with Gasteiger partial charge < -0.3 is 11.1 Å². The fraction of sp³-hybridized carbons (Fsp3) is 0.300. The Morgan fingerprint density at radius 2 is 2.38 bits per heavy atom. The molecule has 6 nitrogen and oxygen atoms in total. The molecule has 0 spiro atoms. The SMILES string of the molecule is CNC(=O)Cn1c(N)nc2c(C)ccnc21. The van der Waals surface area contributed by atoms with Gasteiger partial charge in [-0.15, -0.1) is 0 Å². The van der Waals surface area contributed by atoms with E-state index in [4.69, 9.17) is 5.73 Å². The van der Waals surface area contributed by atoms with Crippen LogP contribution in [-0.2, 0) is 11.3 Å². The van der Waals surface area contributed by atoms with Gasteiger partial charge in [-0.05, 0) is 18.6 Å². The molecule has 6 heteroatoms. The van der Waals surface area contributed by atoms with Gasteiger partial charge in [0.25, 0.3) is 0 Å². The maximum absolute atomic E-state index is 11.3. The largest absolute Gasteiger partial charge is 0.369 e. The highest BCUT2D eigenvalue weighted by molar-refractivity contribution is 5.81. The number of hydrogen-bond donors (Lipinski definition) is 2. The van der Waals surface area contributed by atoms with Gasteiger partial charge in [-0.3, -0.25) is 9.36 Å². The summed E-state index contributed by atoms with van der Waals surface area (Å²) in [7, 11) is 1.58. The average Bonchev–Trinajstić information content (AvgIpc) is 2.58. The summed E-state index contributed by atoms with van der Waals surface area (Å²) in [5, 5.41) is 2.54. The maximum Gasteiger partial charge on any atom is 0.239 e. The third-order valence-corrected chi connectivity index (χ3v) is 2.45. The van der Waals surface area contributed by atoms with Crippen molar-refractivity contribution in [2.75, 3.05) is 12.8 Å². The van der Waals surface area contributed by atoms with Crippen molar-refractivity contribution in [2.24, 2.45) is 0 Å². The van der Waals surface area contributed by atoms with E-state index in [1.165, 1.54) is 0 Å². The molecule has 0 aliphatic rings. The molecule has 0 aliphatic carbocycles. The van der Waals surface area contributed by atoms with Crippen molar-refractivity contribution in [1.29, 1.82) is 0 Å². The molecule has 0 fully saturated rings. The van der Waals surface area contributed by atoms with Crippen LogP contribution in [0.2, 0.25) is 0 Å².